The number of hydrogen-bond acceptors (Lipinski definition) is 4. The summed E-state index contributed by atoms with van der Waals surface area (Å²) in [6, 6.07) is -0.114. The number of methoxy groups -OCH3 is 1. The molecular formula is C15H29NO3. The molecule has 1 saturated heterocycles. The van der Waals surface area contributed by atoms with E-state index >= 15 is 0 Å². The van der Waals surface area contributed by atoms with Gasteiger partial charge >= 0.3 is 5.97 Å². The monoisotopic (exact) mass is 271 g/mol. The van der Waals surface area contributed by atoms with Gasteiger partial charge in [0.1, 0.15) is 6.04 Å². The molecule has 0 bridgehead atoms. The number of rotatable bonds is 5. The molecule has 112 valence electrons. The molecule has 1 N–H and O–H groups in total. The van der Waals surface area contributed by atoms with Crippen molar-refractivity contribution in [2.24, 2.45) is 5.92 Å². The highest BCUT2D eigenvalue weighted by Gasteiger charge is 2.47. The summed E-state index contributed by atoms with van der Waals surface area (Å²) in [6.07, 6.45) is 1.83. The highest BCUT2D eigenvalue weighted by atomic mass is 16.5. The third-order valence-electron chi connectivity index (χ3n) is 4.12. The van der Waals surface area contributed by atoms with Crippen LogP contribution in [0.1, 0.15) is 54.4 Å². The Labute approximate surface area is 117 Å². The van der Waals surface area contributed by atoms with Gasteiger partial charge in [0, 0.05) is 6.04 Å². The van der Waals surface area contributed by atoms with E-state index in [0.717, 1.165) is 12.8 Å². The van der Waals surface area contributed by atoms with Crippen molar-refractivity contribution in [1.29, 1.82) is 0 Å². The normalized spacial score (nSPS) is 27.8. The second kappa shape index (κ2) is 5.80. The van der Waals surface area contributed by atoms with Gasteiger partial charge in [0.2, 0.25) is 0 Å². The van der Waals surface area contributed by atoms with Gasteiger partial charge in [-0.2, -0.15) is 0 Å². The van der Waals surface area contributed by atoms with E-state index in [-0.39, 0.29) is 35.2 Å². The SMILES string of the molecule is CCC(C)C(NC1CC(C)(C)OC1(C)C)C(=O)OC. The van der Waals surface area contributed by atoms with E-state index in [0.29, 0.717) is 0 Å². The molecule has 1 aliphatic rings. The molecule has 0 aromatic carbocycles. The van der Waals surface area contributed by atoms with E-state index < -0.39 is 0 Å². The lowest BCUT2D eigenvalue weighted by Gasteiger charge is -2.32. The van der Waals surface area contributed by atoms with Gasteiger partial charge in [-0.3, -0.25) is 10.1 Å². The van der Waals surface area contributed by atoms with E-state index in [1.165, 1.54) is 7.11 Å². The van der Waals surface area contributed by atoms with E-state index in [1.807, 2.05) is 0 Å². The number of ether oxygens (including phenoxy) is 2. The molecule has 4 heteroatoms. The van der Waals surface area contributed by atoms with Gasteiger partial charge in [0.05, 0.1) is 18.3 Å². The first-order valence-corrected chi connectivity index (χ1v) is 7.17. The molecule has 0 spiro atoms. The lowest BCUT2D eigenvalue weighted by Crippen LogP contribution is -2.53. The number of nitrogens with one attached hydrogen (secondary N) is 1. The summed E-state index contributed by atoms with van der Waals surface area (Å²) in [5, 5.41) is 3.46. The van der Waals surface area contributed by atoms with Crippen molar-refractivity contribution in [3.63, 3.8) is 0 Å². The Bertz CT molecular complexity index is 325. The average molecular weight is 271 g/mol. The molecule has 0 aromatic rings. The van der Waals surface area contributed by atoms with Gasteiger partial charge in [0.15, 0.2) is 0 Å². The molecular weight excluding hydrogens is 242 g/mol. The van der Waals surface area contributed by atoms with E-state index in [9.17, 15) is 4.79 Å². The van der Waals surface area contributed by atoms with Crippen molar-refractivity contribution in [2.75, 3.05) is 7.11 Å². The molecule has 0 aromatic heterocycles. The van der Waals surface area contributed by atoms with E-state index in [1.54, 1.807) is 0 Å². The number of esters is 1. The van der Waals surface area contributed by atoms with Crippen LogP contribution in [0.25, 0.3) is 0 Å². The minimum Gasteiger partial charge on any atom is -0.468 e. The second-order valence-electron chi connectivity index (χ2n) is 6.77. The van der Waals surface area contributed by atoms with Crippen LogP contribution in [0.3, 0.4) is 0 Å². The maximum absolute atomic E-state index is 11.9. The first kappa shape index (κ1) is 16.4. The zero-order valence-corrected chi connectivity index (χ0v) is 13.4. The summed E-state index contributed by atoms with van der Waals surface area (Å²) in [7, 11) is 1.44. The average Bonchev–Trinajstić information content (AvgIpc) is 2.51. The van der Waals surface area contributed by atoms with Gasteiger partial charge in [-0.1, -0.05) is 20.3 Å². The smallest absolute Gasteiger partial charge is 0.323 e. The Morgan fingerprint density at radius 1 is 1.42 bits per heavy atom. The van der Waals surface area contributed by atoms with Crippen LogP contribution in [-0.2, 0) is 14.3 Å². The zero-order chi connectivity index (χ0) is 14.8. The van der Waals surface area contributed by atoms with Crippen molar-refractivity contribution >= 4 is 5.97 Å². The third kappa shape index (κ3) is 3.93. The molecule has 0 amide bonds. The quantitative estimate of drug-likeness (QED) is 0.781. The molecule has 1 rings (SSSR count). The van der Waals surface area contributed by atoms with Gasteiger partial charge in [-0.15, -0.1) is 0 Å². The molecule has 1 heterocycles. The predicted octanol–water partition coefficient (Wildman–Crippen LogP) is 2.51. The minimum atomic E-state index is -0.275. The molecule has 3 atom stereocenters. The van der Waals surface area contributed by atoms with Crippen LogP contribution >= 0.6 is 0 Å². The number of carbonyl (C=O) groups is 1. The van der Waals surface area contributed by atoms with Crippen LogP contribution in [0.15, 0.2) is 0 Å². The van der Waals surface area contributed by atoms with Crippen LogP contribution in [0.4, 0.5) is 0 Å². The number of carbonyl (C=O) groups excluding carboxylic acids is 1. The molecule has 1 fully saturated rings. The van der Waals surface area contributed by atoms with Gasteiger partial charge in [0.25, 0.3) is 0 Å². The van der Waals surface area contributed by atoms with E-state index in [2.05, 4.69) is 46.9 Å². The van der Waals surface area contributed by atoms with Crippen molar-refractivity contribution in [2.45, 2.75) is 77.7 Å². The summed E-state index contributed by atoms with van der Waals surface area (Å²) >= 11 is 0. The summed E-state index contributed by atoms with van der Waals surface area (Å²) in [4.78, 5) is 11.9. The summed E-state index contributed by atoms with van der Waals surface area (Å²) in [5.41, 5.74) is -0.430. The topological polar surface area (TPSA) is 47.6 Å². The maximum atomic E-state index is 11.9. The molecule has 0 radical (unpaired) electrons. The predicted molar refractivity (Wildman–Crippen MR) is 76.0 cm³/mol. The zero-order valence-electron chi connectivity index (χ0n) is 13.4. The largest absolute Gasteiger partial charge is 0.468 e. The fourth-order valence-corrected chi connectivity index (χ4v) is 2.87. The lowest BCUT2D eigenvalue weighted by atomic mass is 9.91. The van der Waals surface area contributed by atoms with Crippen LogP contribution in [0.2, 0.25) is 0 Å². The fraction of sp³-hybridized carbons (Fsp3) is 0.933. The standard InChI is InChI=1S/C15H29NO3/c1-8-10(2)12(13(17)18-7)16-11-9-14(3,4)19-15(11,5)6/h10-12,16H,8-9H2,1-7H3. The fourth-order valence-electron chi connectivity index (χ4n) is 2.87. The molecule has 0 saturated carbocycles. The highest BCUT2D eigenvalue weighted by Crippen LogP contribution is 2.37. The molecule has 19 heavy (non-hydrogen) atoms. The van der Waals surface area contributed by atoms with E-state index in [4.69, 9.17) is 9.47 Å². The van der Waals surface area contributed by atoms with Gasteiger partial charge in [-0.05, 0) is 40.0 Å². The van der Waals surface area contributed by atoms with Crippen LogP contribution in [0.5, 0.6) is 0 Å². The first-order chi connectivity index (χ1) is 8.63. The van der Waals surface area contributed by atoms with Crippen molar-refractivity contribution in [3.05, 3.63) is 0 Å². The molecule has 0 aliphatic carbocycles. The van der Waals surface area contributed by atoms with Gasteiger partial charge in [-0.25, -0.2) is 0 Å². The second-order valence-corrected chi connectivity index (χ2v) is 6.77. The molecule has 1 aliphatic heterocycles. The van der Waals surface area contributed by atoms with Crippen LogP contribution in [-0.4, -0.2) is 36.4 Å². The van der Waals surface area contributed by atoms with Crippen LogP contribution in [0, 0.1) is 5.92 Å². The Kier molecular flexibility index (Phi) is 5.02. The molecule has 4 nitrogen and oxygen atoms in total. The minimum absolute atomic E-state index is 0.153. The number of hydrogen-bond donors (Lipinski definition) is 1. The Balaban J connectivity index is 2.82. The van der Waals surface area contributed by atoms with Crippen molar-refractivity contribution in [1.82, 2.24) is 5.32 Å². The maximum Gasteiger partial charge on any atom is 0.323 e. The summed E-state index contributed by atoms with van der Waals surface area (Å²) in [6.45, 7) is 12.5. The van der Waals surface area contributed by atoms with Crippen molar-refractivity contribution in [3.8, 4) is 0 Å². The summed E-state index contributed by atoms with van der Waals surface area (Å²) < 4.78 is 11.0. The van der Waals surface area contributed by atoms with Crippen molar-refractivity contribution < 1.29 is 14.3 Å². The summed E-state index contributed by atoms with van der Waals surface area (Å²) in [5.74, 6) is 0.0572. The lowest BCUT2D eigenvalue weighted by molar-refractivity contribution is -0.145. The Hall–Kier alpha value is -0.610. The Morgan fingerprint density at radius 2 is 2.00 bits per heavy atom. The third-order valence-corrected chi connectivity index (χ3v) is 4.12. The van der Waals surface area contributed by atoms with Gasteiger partial charge < -0.3 is 9.47 Å². The molecule has 3 unspecified atom stereocenters. The highest BCUT2D eigenvalue weighted by molar-refractivity contribution is 5.76. The van der Waals surface area contributed by atoms with Crippen LogP contribution < -0.4 is 5.32 Å². The first-order valence-electron chi connectivity index (χ1n) is 7.17. The Morgan fingerprint density at radius 3 is 2.37 bits per heavy atom.